The third-order valence-electron chi connectivity index (χ3n) is 3.11. The van der Waals surface area contributed by atoms with Crippen molar-refractivity contribution in [3.63, 3.8) is 0 Å². The number of alkyl halides is 1. The lowest BCUT2D eigenvalue weighted by atomic mass is 10.0. The number of amides is 1. The summed E-state index contributed by atoms with van der Waals surface area (Å²) in [5.74, 6) is -0.295. The molecule has 18 heavy (non-hydrogen) atoms. The van der Waals surface area contributed by atoms with Crippen LogP contribution >= 0.6 is 0 Å². The highest BCUT2D eigenvalue weighted by molar-refractivity contribution is 5.73. The molecule has 0 heterocycles. The van der Waals surface area contributed by atoms with Crippen molar-refractivity contribution >= 4 is 5.91 Å². The van der Waals surface area contributed by atoms with Crippen LogP contribution in [0, 0.1) is 0 Å². The van der Waals surface area contributed by atoms with E-state index in [9.17, 15) is 9.18 Å². The number of carbonyl (C=O) groups excluding carboxylic acids is 1. The minimum absolute atomic E-state index is 0.295. The fraction of sp³-hybridized carbons (Fsp3) is 0.929. The molecule has 0 aromatic rings. The average molecular weight is 261 g/mol. The van der Waals surface area contributed by atoms with Gasteiger partial charge in [-0.25, -0.2) is 4.39 Å². The van der Waals surface area contributed by atoms with Gasteiger partial charge in [0.2, 0.25) is 5.91 Å². The predicted octanol–water partition coefficient (Wildman–Crippen LogP) is 2.96. The molecule has 0 fully saturated rings. The van der Waals surface area contributed by atoms with Crippen LogP contribution in [-0.2, 0) is 4.79 Å². The van der Waals surface area contributed by atoms with Crippen molar-refractivity contribution in [1.29, 1.82) is 0 Å². The number of rotatable bonds is 11. The van der Waals surface area contributed by atoms with Gasteiger partial charge in [-0.3, -0.25) is 4.79 Å². The molecule has 0 bridgehead atoms. The fourth-order valence-electron chi connectivity index (χ4n) is 2.01. The SMILES string of the molecule is CCCCCCCCC[C@H](F)[C@H](CO)NC(C)=O. The van der Waals surface area contributed by atoms with E-state index in [0.29, 0.717) is 6.42 Å². The zero-order valence-electron chi connectivity index (χ0n) is 11.8. The van der Waals surface area contributed by atoms with E-state index in [1.807, 2.05) is 0 Å². The Bertz CT molecular complexity index is 212. The maximum absolute atomic E-state index is 13.7. The van der Waals surface area contributed by atoms with Gasteiger partial charge in [0.05, 0.1) is 12.6 Å². The molecule has 108 valence electrons. The third-order valence-corrected chi connectivity index (χ3v) is 3.11. The molecule has 0 spiro atoms. The highest BCUT2D eigenvalue weighted by Gasteiger charge is 2.20. The van der Waals surface area contributed by atoms with E-state index < -0.39 is 12.2 Å². The lowest BCUT2D eigenvalue weighted by molar-refractivity contribution is -0.120. The van der Waals surface area contributed by atoms with Crippen LogP contribution in [0.1, 0.15) is 65.2 Å². The molecular weight excluding hydrogens is 233 g/mol. The first kappa shape index (κ1) is 17.4. The Hall–Kier alpha value is -0.640. The molecule has 0 aliphatic carbocycles. The molecule has 2 atom stereocenters. The summed E-state index contributed by atoms with van der Waals surface area (Å²) in [6, 6.07) is -0.748. The Morgan fingerprint density at radius 1 is 1.17 bits per heavy atom. The van der Waals surface area contributed by atoms with Crippen LogP contribution in [-0.4, -0.2) is 29.8 Å². The van der Waals surface area contributed by atoms with Crippen LogP contribution in [0.3, 0.4) is 0 Å². The van der Waals surface area contributed by atoms with Crippen molar-refractivity contribution in [2.75, 3.05) is 6.61 Å². The zero-order chi connectivity index (χ0) is 13.8. The Kier molecular flexibility index (Phi) is 11.0. The smallest absolute Gasteiger partial charge is 0.217 e. The highest BCUT2D eigenvalue weighted by atomic mass is 19.1. The summed E-state index contributed by atoms with van der Waals surface area (Å²) in [6.07, 6.45) is 7.28. The van der Waals surface area contributed by atoms with E-state index in [-0.39, 0.29) is 12.5 Å². The molecule has 0 saturated heterocycles. The van der Waals surface area contributed by atoms with Gasteiger partial charge < -0.3 is 10.4 Å². The number of hydrogen-bond acceptors (Lipinski definition) is 2. The number of hydrogen-bond donors (Lipinski definition) is 2. The van der Waals surface area contributed by atoms with Gasteiger partial charge in [0.1, 0.15) is 6.17 Å². The van der Waals surface area contributed by atoms with Gasteiger partial charge in [0.25, 0.3) is 0 Å². The van der Waals surface area contributed by atoms with Gasteiger partial charge in [-0.15, -0.1) is 0 Å². The Morgan fingerprint density at radius 2 is 1.72 bits per heavy atom. The quantitative estimate of drug-likeness (QED) is 0.562. The minimum atomic E-state index is -1.14. The standard InChI is InChI=1S/C14H28FNO2/c1-3-4-5-6-7-8-9-10-13(15)14(11-17)16-12(2)18/h13-14,17H,3-11H2,1-2H3,(H,16,18)/t13-,14-/m0/s1. The van der Waals surface area contributed by atoms with E-state index in [1.165, 1.54) is 32.6 Å². The number of unbranched alkanes of at least 4 members (excludes halogenated alkanes) is 6. The molecule has 0 aromatic carbocycles. The first-order valence-corrected chi connectivity index (χ1v) is 7.13. The van der Waals surface area contributed by atoms with Crippen molar-refractivity contribution < 1.29 is 14.3 Å². The number of aliphatic hydroxyl groups is 1. The van der Waals surface area contributed by atoms with E-state index in [4.69, 9.17) is 5.11 Å². The summed E-state index contributed by atoms with van der Waals surface area (Å²) < 4.78 is 13.7. The van der Waals surface area contributed by atoms with Crippen LogP contribution in [0.15, 0.2) is 0 Å². The van der Waals surface area contributed by atoms with Crippen LogP contribution in [0.25, 0.3) is 0 Å². The first-order chi connectivity index (χ1) is 8.61. The summed E-state index contributed by atoms with van der Waals surface area (Å²) in [5, 5.41) is 11.4. The number of nitrogens with one attached hydrogen (secondary N) is 1. The average Bonchev–Trinajstić information content (AvgIpc) is 2.34. The van der Waals surface area contributed by atoms with E-state index in [0.717, 1.165) is 19.3 Å². The molecule has 0 rings (SSSR count). The Morgan fingerprint density at radius 3 is 2.22 bits per heavy atom. The summed E-state index contributed by atoms with van der Waals surface area (Å²) in [7, 11) is 0. The maximum Gasteiger partial charge on any atom is 0.217 e. The molecule has 0 aromatic heterocycles. The lowest BCUT2D eigenvalue weighted by Crippen LogP contribution is -2.43. The van der Waals surface area contributed by atoms with Crippen LogP contribution < -0.4 is 5.32 Å². The van der Waals surface area contributed by atoms with Gasteiger partial charge >= 0.3 is 0 Å². The molecular formula is C14H28FNO2. The third kappa shape index (κ3) is 9.40. The molecule has 2 N–H and O–H groups in total. The van der Waals surface area contributed by atoms with Crippen LogP contribution in [0.5, 0.6) is 0 Å². The highest BCUT2D eigenvalue weighted by Crippen LogP contribution is 2.13. The number of carbonyl (C=O) groups is 1. The normalized spacial score (nSPS) is 14.2. The van der Waals surface area contributed by atoms with Crippen molar-refractivity contribution in [1.82, 2.24) is 5.32 Å². The Balaban J connectivity index is 3.55. The Labute approximate surface area is 110 Å². The maximum atomic E-state index is 13.7. The lowest BCUT2D eigenvalue weighted by Gasteiger charge is -2.19. The van der Waals surface area contributed by atoms with Crippen molar-refractivity contribution in [3.05, 3.63) is 0 Å². The van der Waals surface area contributed by atoms with Gasteiger partial charge in [0.15, 0.2) is 0 Å². The second-order valence-corrected chi connectivity index (χ2v) is 4.92. The van der Waals surface area contributed by atoms with E-state index in [1.54, 1.807) is 0 Å². The van der Waals surface area contributed by atoms with Crippen molar-refractivity contribution in [2.24, 2.45) is 0 Å². The van der Waals surface area contributed by atoms with Gasteiger partial charge in [-0.05, 0) is 6.42 Å². The van der Waals surface area contributed by atoms with E-state index in [2.05, 4.69) is 12.2 Å². The molecule has 0 unspecified atom stereocenters. The second-order valence-electron chi connectivity index (χ2n) is 4.92. The van der Waals surface area contributed by atoms with Gasteiger partial charge in [-0.2, -0.15) is 0 Å². The molecule has 0 radical (unpaired) electrons. The summed E-state index contributed by atoms with van der Waals surface area (Å²) in [5.41, 5.74) is 0. The first-order valence-electron chi connectivity index (χ1n) is 7.13. The van der Waals surface area contributed by atoms with Crippen molar-refractivity contribution in [3.8, 4) is 0 Å². The number of halogens is 1. The van der Waals surface area contributed by atoms with Gasteiger partial charge in [-0.1, -0.05) is 51.9 Å². The molecule has 3 nitrogen and oxygen atoms in total. The largest absolute Gasteiger partial charge is 0.394 e. The summed E-state index contributed by atoms with van der Waals surface area (Å²) in [6.45, 7) is 3.19. The fourth-order valence-corrected chi connectivity index (χ4v) is 2.01. The molecule has 0 saturated carbocycles. The van der Waals surface area contributed by atoms with Crippen LogP contribution in [0.4, 0.5) is 4.39 Å². The zero-order valence-corrected chi connectivity index (χ0v) is 11.8. The molecule has 0 aliphatic rings. The molecule has 0 aliphatic heterocycles. The summed E-state index contributed by atoms with van der Waals surface area (Å²) >= 11 is 0. The molecule has 4 heteroatoms. The molecule has 1 amide bonds. The second kappa shape index (κ2) is 11.5. The van der Waals surface area contributed by atoms with Gasteiger partial charge in [0, 0.05) is 6.92 Å². The minimum Gasteiger partial charge on any atom is -0.394 e. The topological polar surface area (TPSA) is 49.3 Å². The van der Waals surface area contributed by atoms with Crippen molar-refractivity contribution in [2.45, 2.75) is 77.4 Å². The van der Waals surface area contributed by atoms with E-state index >= 15 is 0 Å². The van der Waals surface area contributed by atoms with Crippen LogP contribution in [0.2, 0.25) is 0 Å². The predicted molar refractivity (Wildman–Crippen MR) is 72.2 cm³/mol. The monoisotopic (exact) mass is 261 g/mol. The number of aliphatic hydroxyl groups excluding tert-OH is 1. The summed E-state index contributed by atoms with van der Waals surface area (Å²) in [4.78, 5) is 10.8.